The predicted octanol–water partition coefficient (Wildman–Crippen LogP) is 4.80. The van der Waals surface area contributed by atoms with E-state index < -0.39 is 11.2 Å². The molecule has 7 rings (SSSR count). The highest BCUT2D eigenvalue weighted by Gasteiger charge is 2.82. The molecule has 5 heteroatoms. The number of aliphatic hydroxyl groups is 1. The van der Waals surface area contributed by atoms with E-state index in [4.69, 9.17) is 9.47 Å². The summed E-state index contributed by atoms with van der Waals surface area (Å²) in [5, 5.41) is 23.1. The molecular weight excluding hydrogens is 426 g/mol. The quantitative estimate of drug-likeness (QED) is 0.648. The van der Waals surface area contributed by atoms with Crippen molar-refractivity contribution in [3.05, 3.63) is 23.3 Å². The normalized spacial score (nSPS) is 41.7. The van der Waals surface area contributed by atoms with Crippen molar-refractivity contribution in [1.29, 1.82) is 0 Å². The van der Waals surface area contributed by atoms with Crippen molar-refractivity contribution >= 4 is 0 Å². The van der Waals surface area contributed by atoms with Crippen molar-refractivity contribution in [1.82, 2.24) is 4.90 Å². The van der Waals surface area contributed by atoms with E-state index in [0.29, 0.717) is 11.8 Å². The second kappa shape index (κ2) is 6.92. The number of unbranched alkanes of at least 4 members (excludes halogenated alkanes) is 1. The molecular formula is C29H43NO4. The molecule has 2 spiro atoms. The first-order chi connectivity index (χ1) is 16.0. The molecule has 0 amide bonds. The smallest absolute Gasteiger partial charge is 0.165 e. The topological polar surface area (TPSA) is 62.2 Å². The molecule has 2 N–H and O–H groups in total. The lowest BCUT2D eigenvalue weighted by molar-refractivity contribution is -0.312. The van der Waals surface area contributed by atoms with E-state index in [9.17, 15) is 10.2 Å². The van der Waals surface area contributed by atoms with Crippen LogP contribution in [0.1, 0.15) is 84.3 Å². The van der Waals surface area contributed by atoms with Crippen LogP contribution in [-0.2, 0) is 16.6 Å². The zero-order valence-corrected chi connectivity index (χ0v) is 21.9. The maximum absolute atomic E-state index is 12.2. The fraction of sp³-hybridized carbons (Fsp3) is 0.793. The van der Waals surface area contributed by atoms with Gasteiger partial charge in [0.25, 0.3) is 0 Å². The Morgan fingerprint density at radius 1 is 1.18 bits per heavy atom. The number of fused-ring (bicyclic) bond motifs is 2. The highest BCUT2D eigenvalue weighted by atomic mass is 16.6. The van der Waals surface area contributed by atoms with Crippen molar-refractivity contribution < 1.29 is 19.7 Å². The van der Waals surface area contributed by atoms with Gasteiger partial charge >= 0.3 is 0 Å². The summed E-state index contributed by atoms with van der Waals surface area (Å²) in [6, 6.07) is 4.42. The van der Waals surface area contributed by atoms with Gasteiger partial charge in [0.05, 0.1) is 5.60 Å². The fourth-order valence-electron chi connectivity index (χ4n) is 9.36. The first-order valence-electron chi connectivity index (χ1n) is 13.5. The monoisotopic (exact) mass is 469 g/mol. The zero-order valence-electron chi connectivity index (χ0n) is 21.9. The highest BCUT2D eigenvalue weighted by Crippen LogP contribution is 2.77. The first kappa shape index (κ1) is 23.1. The number of piperidine rings is 1. The Labute approximate surface area is 204 Å². The number of aromatic hydroxyl groups is 1. The summed E-state index contributed by atoms with van der Waals surface area (Å²) in [6.07, 6.45) is 7.24. The van der Waals surface area contributed by atoms with E-state index in [-0.39, 0.29) is 34.0 Å². The van der Waals surface area contributed by atoms with Crippen molar-refractivity contribution in [2.75, 3.05) is 20.2 Å². The lowest BCUT2D eigenvalue weighted by atomic mass is 9.33. The van der Waals surface area contributed by atoms with Gasteiger partial charge in [-0.3, -0.25) is 4.90 Å². The third-order valence-corrected chi connectivity index (χ3v) is 11.5. The average molecular weight is 470 g/mol. The maximum Gasteiger partial charge on any atom is 0.165 e. The number of rotatable bonds is 5. The van der Waals surface area contributed by atoms with Crippen LogP contribution in [0.4, 0.5) is 0 Å². The zero-order chi connectivity index (χ0) is 24.3. The van der Waals surface area contributed by atoms with Crippen molar-refractivity contribution in [2.45, 2.75) is 108 Å². The van der Waals surface area contributed by atoms with Gasteiger partial charge in [-0.15, -0.1) is 0 Å². The maximum atomic E-state index is 12.2. The van der Waals surface area contributed by atoms with Crippen LogP contribution >= 0.6 is 0 Å². The van der Waals surface area contributed by atoms with Crippen LogP contribution in [0.25, 0.3) is 0 Å². The molecule has 0 aromatic heterocycles. The van der Waals surface area contributed by atoms with E-state index >= 15 is 0 Å². The van der Waals surface area contributed by atoms with E-state index in [2.05, 4.69) is 38.7 Å². The van der Waals surface area contributed by atoms with Gasteiger partial charge < -0.3 is 19.7 Å². The number of phenolic OH excluding ortho intramolecular Hbond substituents is 1. The van der Waals surface area contributed by atoms with Gasteiger partial charge in [0.2, 0.25) is 0 Å². The molecule has 4 fully saturated rings. The van der Waals surface area contributed by atoms with Crippen LogP contribution in [0, 0.1) is 16.7 Å². The van der Waals surface area contributed by atoms with Gasteiger partial charge in [0.1, 0.15) is 11.7 Å². The summed E-state index contributed by atoms with van der Waals surface area (Å²) in [7, 11) is 1.82. The number of benzene rings is 1. The molecule has 188 valence electrons. The molecule has 2 heterocycles. The summed E-state index contributed by atoms with van der Waals surface area (Å²) in [6.45, 7) is 13.0. The van der Waals surface area contributed by atoms with E-state index in [1.807, 2.05) is 20.1 Å². The average Bonchev–Trinajstić information content (AvgIpc) is 3.16. The minimum absolute atomic E-state index is 0.0237. The van der Waals surface area contributed by atoms with E-state index in [0.717, 1.165) is 45.2 Å². The van der Waals surface area contributed by atoms with Crippen molar-refractivity contribution in [3.8, 4) is 11.5 Å². The van der Waals surface area contributed by atoms with Crippen LogP contribution in [0.15, 0.2) is 12.1 Å². The molecule has 4 bridgehead atoms. The minimum atomic E-state index is -0.916. The lowest BCUT2D eigenvalue weighted by Crippen LogP contribution is -2.83. The third kappa shape index (κ3) is 2.38. The van der Waals surface area contributed by atoms with Crippen LogP contribution in [0.3, 0.4) is 0 Å². The molecule has 34 heavy (non-hydrogen) atoms. The number of methoxy groups -OCH3 is 1. The summed E-state index contributed by atoms with van der Waals surface area (Å²) in [4.78, 5) is 2.77. The molecule has 3 saturated carbocycles. The Hall–Kier alpha value is -1.30. The number of likely N-dealkylation sites (tertiary alicyclic amines) is 1. The Kier molecular flexibility index (Phi) is 4.71. The molecule has 2 aliphatic heterocycles. The second-order valence-electron chi connectivity index (χ2n) is 13.2. The second-order valence-corrected chi connectivity index (χ2v) is 13.2. The van der Waals surface area contributed by atoms with Crippen LogP contribution in [0.2, 0.25) is 0 Å². The van der Waals surface area contributed by atoms with E-state index in [1.165, 1.54) is 24.0 Å². The van der Waals surface area contributed by atoms with E-state index in [1.54, 1.807) is 0 Å². The standard InChI is InChI=1S/C29H43NO4/c1-7-8-14-30-15-13-28-22-18-9-10-19(31)23(22)34-24(28)29(33-6)12-11-27(28,21(30)16-18)17-20(29)26(5,32)25(2,3)4/h9-10,20-21,24,31-32H,7-8,11-17H2,1-6H3/t20-,21-,24-,26+,27-,28+,29-/m1/s1. The molecule has 0 radical (unpaired) electrons. The molecule has 6 aliphatic rings. The number of nitrogens with zero attached hydrogens (tertiary/aromatic N) is 1. The van der Waals surface area contributed by atoms with Gasteiger partial charge in [0.15, 0.2) is 11.5 Å². The molecule has 0 unspecified atom stereocenters. The molecule has 5 nitrogen and oxygen atoms in total. The number of phenols is 1. The predicted molar refractivity (Wildman–Crippen MR) is 132 cm³/mol. The summed E-state index contributed by atoms with van der Waals surface area (Å²) < 4.78 is 13.4. The van der Waals surface area contributed by atoms with Gasteiger partial charge in [-0.25, -0.2) is 0 Å². The van der Waals surface area contributed by atoms with Crippen LogP contribution < -0.4 is 4.74 Å². The summed E-state index contributed by atoms with van der Waals surface area (Å²) >= 11 is 0. The molecule has 7 atom stereocenters. The minimum Gasteiger partial charge on any atom is -0.504 e. The summed E-state index contributed by atoms with van der Waals surface area (Å²) in [5.74, 6) is 0.921. The van der Waals surface area contributed by atoms with Crippen molar-refractivity contribution in [3.63, 3.8) is 0 Å². The Bertz CT molecular complexity index is 1010. The Balaban J connectivity index is 1.60. The van der Waals surface area contributed by atoms with Crippen LogP contribution in [0.5, 0.6) is 11.5 Å². The SMILES string of the molecule is CCCCN1CC[C@]23c4c5ccc(O)c4O[C@H]2[C@@]2(OC)CC[C@@]3(C[C@@H]2[C@](C)(O)C(C)(C)C)[C@H]1C5. The summed E-state index contributed by atoms with van der Waals surface area (Å²) in [5.41, 5.74) is 0.713. The Morgan fingerprint density at radius 2 is 1.94 bits per heavy atom. The third-order valence-electron chi connectivity index (χ3n) is 11.5. The number of hydrogen-bond acceptors (Lipinski definition) is 5. The molecule has 1 saturated heterocycles. The first-order valence-corrected chi connectivity index (χ1v) is 13.5. The van der Waals surface area contributed by atoms with Crippen molar-refractivity contribution in [2.24, 2.45) is 16.7 Å². The highest BCUT2D eigenvalue weighted by molar-refractivity contribution is 5.63. The van der Waals surface area contributed by atoms with Gasteiger partial charge in [-0.1, -0.05) is 40.2 Å². The molecule has 1 aromatic carbocycles. The fourth-order valence-corrected chi connectivity index (χ4v) is 9.36. The van der Waals surface area contributed by atoms with Gasteiger partial charge in [-0.2, -0.15) is 0 Å². The van der Waals surface area contributed by atoms with Gasteiger partial charge in [-0.05, 0) is 75.6 Å². The number of hydrogen-bond donors (Lipinski definition) is 2. The van der Waals surface area contributed by atoms with Gasteiger partial charge in [0, 0.05) is 35.5 Å². The molecule has 4 aliphatic carbocycles. The molecule has 1 aromatic rings. The lowest BCUT2D eigenvalue weighted by Gasteiger charge is -2.75. The van der Waals surface area contributed by atoms with Crippen LogP contribution in [-0.4, -0.2) is 58.7 Å². The largest absolute Gasteiger partial charge is 0.504 e. The number of ether oxygens (including phenoxy) is 2. The Morgan fingerprint density at radius 3 is 2.62 bits per heavy atom.